The molecule has 1 unspecified atom stereocenters. The van der Waals surface area contributed by atoms with E-state index in [1.165, 1.54) is 6.92 Å². The molecular weight excluding hydrogens is 268 g/mol. The molecule has 108 valence electrons. The van der Waals surface area contributed by atoms with E-state index in [2.05, 4.69) is 0 Å². The fourth-order valence-corrected chi connectivity index (χ4v) is 3.39. The molecule has 1 heterocycles. The molecule has 0 saturated carbocycles. The predicted molar refractivity (Wildman–Crippen MR) is 69.6 cm³/mol. The summed E-state index contributed by atoms with van der Waals surface area (Å²) in [4.78, 5) is 12.0. The Morgan fingerprint density at radius 3 is 2.53 bits per heavy atom. The van der Waals surface area contributed by atoms with Crippen molar-refractivity contribution in [1.82, 2.24) is 4.31 Å². The summed E-state index contributed by atoms with van der Waals surface area (Å²) in [6, 6.07) is 0.903. The first-order valence-corrected chi connectivity index (χ1v) is 7.73. The van der Waals surface area contributed by atoms with Crippen LogP contribution in [0.2, 0.25) is 0 Å². The highest BCUT2D eigenvalue weighted by atomic mass is 32.2. The van der Waals surface area contributed by atoms with Gasteiger partial charge in [0, 0.05) is 6.54 Å². The Morgan fingerprint density at radius 2 is 2.05 bits per heavy atom. The highest BCUT2D eigenvalue weighted by Gasteiger charge is 2.42. The lowest BCUT2D eigenvalue weighted by Crippen LogP contribution is -2.46. The number of nitrogens with zero attached hydrogens (tertiary/aromatic N) is 2. The van der Waals surface area contributed by atoms with E-state index in [1.54, 1.807) is 26.8 Å². The van der Waals surface area contributed by atoms with Gasteiger partial charge in [0.1, 0.15) is 11.6 Å². The second-order valence-electron chi connectivity index (χ2n) is 5.62. The first-order valence-electron chi connectivity index (χ1n) is 6.22. The second kappa shape index (κ2) is 5.47. The monoisotopic (exact) mass is 288 g/mol. The van der Waals surface area contributed by atoms with Crippen molar-refractivity contribution in [3.63, 3.8) is 0 Å². The highest BCUT2D eigenvalue weighted by molar-refractivity contribution is 7.90. The molecule has 0 aliphatic carbocycles. The average molecular weight is 288 g/mol. The lowest BCUT2D eigenvalue weighted by Gasteiger charge is -2.27. The van der Waals surface area contributed by atoms with Crippen molar-refractivity contribution in [2.24, 2.45) is 0 Å². The summed E-state index contributed by atoms with van der Waals surface area (Å²) in [7, 11) is -3.77. The van der Waals surface area contributed by atoms with Crippen LogP contribution in [0, 0.1) is 11.3 Å². The Kier molecular flexibility index (Phi) is 4.59. The number of carbonyl (C=O) groups excluding carboxylic acids is 1. The van der Waals surface area contributed by atoms with E-state index in [0.29, 0.717) is 12.8 Å². The maximum absolute atomic E-state index is 12.1. The summed E-state index contributed by atoms with van der Waals surface area (Å²) in [5, 5.41) is 7.61. The molecule has 0 radical (unpaired) electrons. The summed E-state index contributed by atoms with van der Waals surface area (Å²) in [6.45, 7) is 6.78. The van der Waals surface area contributed by atoms with Crippen LogP contribution in [-0.2, 0) is 19.6 Å². The number of carbonyl (C=O) groups is 1. The minimum atomic E-state index is -3.77. The molecule has 0 aromatic carbocycles. The second-order valence-corrected chi connectivity index (χ2v) is 7.82. The first-order chi connectivity index (χ1) is 8.59. The van der Waals surface area contributed by atoms with Gasteiger partial charge in [0.15, 0.2) is 5.25 Å². The third-order valence-corrected chi connectivity index (χ3v) is 4.93. The van der Waals surface area contributed by atoms with E-state index < -0.39 is 32.9 Å². The Morgan fingerprint density at radius 1 is 1.47 bits per heavy atom. The van der Waals surface area contributed by atoms with E-state index in [-0.39, 0.29) is 6.54 Å². The van der Waals surface area contributed by atoms with E-state index >= 15 is 0 Å². The number of sulfonamides is 1. The lowest BCUT2D eigenvalue weighted by molar-refractivity contribution is -0.158. The molecule has 0 N–H and O–H groups in total. The SMILES string of the molecule is CC(C#N)S(=O)(=O)N1CCC[C@H]1C(=O)OC(C)(C)C. The number of esters is 1. The van der Waals surface area contributed by atoms with Gasteiger partial charge in [0.2, 0.25) is 10.0 Å². The molecule has 0 bridgehead atoms. The summed E-state index contributed by atoms with van der Waals surface area (Å²) < 4.78 is 30.6. The zero-order valence-electron chi connectivity index (χ0n) is 11.7. The van der Waals surface area contributed by atoms with Gasteiger partial charge >= 0.3 is 5.97 Å². The Labute approximate surface area is 114 Å². The fourth-order valence-electron chi connectivity index (χ4n) is 1.92. The summed E-state index contributed by atoms with van der Waals surface area (Å²) >= 11 is 0. The summed E-state index contributed by atoms with van der Waals surface area (Å²) in [6.07, 6.45) is 1.04. The molecule has 7 heteroatoms. The third-order valence-electron chi connectivity index (χ3n) is 2.84. The highest BCUT2D eigenvalue weighted by Crippen LogP contribution is 2.25. The van der Waals surface area contributed by atoms with Gasteiger partial charge in [-0.05, 0) is 40.5 Å². The van der Waals surface area contributed by atoms with Crippen molar-refractivity contribution in [2.45, 2.75) is 57.4 Å². The van der Waals surface area contributed by atoms with Crippen LogP contribution >= 0.6 is 0 Å². The minimum absolute atomic E-state index is 0.262. The van der Waals surface area contributed by atoms with Crippen LogP contribution in [0.25, 0.3) is 0 Å². The van der Waals surface area contributed by atoms with Gasteiger partial charge in [-0.15, -0.1) is 0 Å². The van der Waals surface area contributed by atoms with Gasteiger partial charge in [0.25, 0.3) is 0 Å². The molecule has 1 fully saturated rings. The summed E-state index contributed by atoms with van der Waals surface area (Å²) in [5.74, 6) is -0.543. The van der Waals surface area contributed by atoms with Crippen molar-refractivity contribution in [3.05, 3.63) is 0 Å². The Bertz CT molecular complexity index is 487. The van der Waals surface area contributed by atoms with Crippen LogP contribution in [0.15, 0.2) is 0 Å². The molecule has 19 heavy (non-hydrogen) atoms. The van der Waals surface area contributed by atoms with Crippen molar-refractivity contribution in [2.75, 3.05) is 6.54 Å². The van der Waals surface area contributed by atoms with Crippen LogP contribution in [0.3, 0.4) is 0 Å². The van der Waals surface area contributed by atoms with Crippen molar-refractivity contribution < 1.29 is 17.9 Å². The average Bonchev–Trinajstić information content (AvgIpc) is 2.74. The molecule has 1 rings (SSSR count). The van der Waals surface area contributed by atoms with Gasteiger partial charge in [-0.2, -0.15) is 9.57 Å². The quantitative estimate of drug-likeness (QED) is 0.724. The van der Waals surface area contributed by atoms with Crippen molar-refractivity contribution >= 4 is 16.0 Å². The largest absolute Gasteiger partial charge is 0.459 e. The molecular formula is C12H20N2O4S. The molecule has 1 saturated heterocycles. The van der Waals surface area contributed by atoms with Gasteiger partial charge in [-0.3, -0.25) is 4.79 Å². The van der Waals surface area contributed by atoms with E-state index in [4.69, 9.17) is 10.00 Å². The molecule has 0 aromatic rings. The zero-order valence-corrected chi connectivity index (χ0v) is 12.5. The fraction of sp³-hybridized carbons (Fsp3) is 0.833. The molecule has 0 aromatic heterocycles. The third kappa shape index (κ3) is 3.67. The van der Waals surface area contributed by atoms with E-state index in [0.717, 1.165) is 4.31 Å². The molecule has 0 amide bonds. The van der Waals surface area contributed by atoms with E-state index in [9.17, 15) is 13.2 Å². The number of hydrogen-bond donors (Lipinski definition) is 0. The van der Waals surface area contributed by atoms with Crippen LogP contribution in [-0.4, -0.2) is 42.1 Å². The first kappa shape index (κ1) is 15.9. The number of nitriles is 1. The normalized spacial score (nSPS) is 22.8. The van der Waals surface area contributed by atoms with Gasteiger partial charge in [-0.25, -0.2) is 8.42 Å². The van der Waals surface area contributed by atoms with Crippen LogP contribution in [0.1, 0.15) is 40.5 Å². The van der Waals surface area contributed by atoms with Crippen LogP contribution < -0.4 is 0 Å². The Hall–Kier alpha value is -1.13. The number of hydrogen-bond acceptors (Lipinski definition) is 5. The molecule has 6 nitrogen and oxygen atoms in total. The van der Waals surface area contributed by atoms with Gasteiger partial charge in [-0.1, -0.05) is 0 Å². The zero-order chi connectivity index (χ0) is 14.8. The minimum Gasteiger partial charge on any atom is -0.459 e. The molecule has 0 spiro atoms. The van der Waals surface area contributed by atoms with Crippen LogP contribution in [0.4, 0.5) is 0 Å². The van der Waals surface area contributed by atoms with E-state index in [1.807, 2.05) is 0 Å². The van der Waals surface area contributed by atoms with Crippen molar-refractivity contribution in [3.8, 4) is 6.07 Å². The van der Waals surface area contributed by atoms with Gasteiger partial charge < -0.3 is 4.74 Å². The van der Waals surface area contributed by atoms with Crippen molar-refractivity contribution in [1.29, 1.82) is 5.26 Å². The maximum atomic E-state index is 12.1. The summed E-state index contributed by atoms with van der Waals surface area (Å²) in [5.41, 5.74) is -0.657. The standard InChI is InChI=1S/C12H20N2O4S/c1-9(8-13)19(16,17)14-7-5-6-10(14)11(15)18-12(2,3)4/h9-10H,5-7H2,1-4H3/t9?,10-/m0/s1. The molecule has 1 aliphatic heterocycles. The predicted octanol–water partition coefficient (Wildman–Crippen LogP) is 1.03. The van der Waals surface area contributed by atoms with Crippen LogP contribution in [0.5, 0.6) is 0 Å². The Balaban J connectivity index is 2.92. The lowest BCUT2D eigenvalue weighted by atomic mass is 10.2. The number of ether oxygens (including phenoxy) is 1. The number of rotatable bonds is 3. The molecule has 1 aliphatic rings. The molecule has 2 atom stereocenters. The smallest absolute Gasteiger partial charge is 0.324 e. The maximum Gasteiger partial charge on any atom is 0.324 e. The van der Waals surface area contributed by atoms with Gasteiger partial charge in [0.05, 0.1) is 6.07 Å². The topological polar surface area (TPSA) is 87.5 Å².